The number of nitrogens with zero attached hydrogens (tertiary/aromatic N) is 5. The Labute approximate surface area is 138 Å². The second kappa shape index (κ2) is 6.57. The maximum absolute atomic E-state index is 11.2. The first-order chi connectivity index (χ1) is 11.6. The van der Waals surface area contributed by atoms with E-state index < -0.39 is 4.92 Å². The molecule has 9 heteroatoms. The van der Waals surface area contributed by atoms with Crippen molar-refractivity contribution in [3.63, 3.8) is 0 Å². The Kier molecular flexibility index (Phi) is 4.32. The molecule has 1 fully saturated rings. The van der Waals surface area contributed by atoms with Gasteiger partial charge in [0, 0.05) is 31.9 Å². The van der Waals surface area contributed by atoms with Crippen molar-refractivity contribution in [3.8, 4) is 5.75 Å². The number of anilines is 3. The molecule has 2 heterocycles. The normalized spacial score (nSPS) is 14.5. The molecule has 3 rings (SSSR count). The van der Waals surface area contributed by atoms with Gasteiger partial charge < -0.3 is 20.3 Å². The van der Waals surface area contributed by atoms with Crippen molar-refractivity contribution in [1.29, 1.82) is 0 Å². The first kappa shape index (κ1) is 15.8. The molecule has 2 aromatic rings. The Hall–Kier alpha value is -3.10. The fraction of sp³-hybridized carbons (Fsp3) is 0.333. The van der Waals surface area contributed by atoms with Crippen molar-refractivity contribution < 1.29 is 9.66 Å². The minimum atomic E-state index is -0.527. The number of rotatable bonds is 4. The molecule has 0 amide bonds. The average Bonchev–Trinajstić information content (AvgIpc) is 2.61. The SMILES string of the molecule is COc1ccc(N2CCN(c3ncnc(N)c3[N+](=O)[O-])CC2)cc1. The molecule has 0 radical (unpaired) electrons. The Morgan fingerprint density at radius 1 is 1.12 bits per heavy atom. The minimum absolute atomic E-state index is 0.109. The van der Waals surface area contributed by atoms with E-state index in [1.807, 2.05) is 29.2 Å². The number of nitrogens with two attached hydrogens (primary N) is 1. The molecule has 1 saturated heterocycles. The van der Waals surface area contributed by atoms with Gasteiger partial charge in [-0.05, 0) is 24.3 Å². The average molecular weight is 330 g/mol. The smallest absolute Gasteiger partial charge is 0.353 e. The number of benzene rings is 1. The first-order valence-corrected chi connectivity index (χ1v) is 7.49. The maximum Gasteiger partial charge on any atom is 0.353 e. The van der Waals surface area contributed by atoms with E-state index in [0.717, 1.165) is 24.5 Å². The second-order valence-corrected chi connectivity index (χ2v) is 5.36. The molecule has 126 valence electrons. The second-order valence-electron chi connectivity index (χ2n) is 5.36. The summed E-state index contributed by atoms with van der Waals surface area (Å²) in [4.78, 5) is 22.6. The zero-order valence-electron chi connectivity index (χ0n) is 13.3. The molecular formula is C15H18N6O3. The summed E-state index contributed by atoms with van der Waals surface area (Å²) in [6.45, 7) is 2.69. The van der Waals surface area contributed by atoms with Crippen molar-refractivity contribution in [1.82, 2.24) is 9.97 Å². The topological polar surface area (TPSA) is 111 Å². The monoisotopic (exact) mass is 330 g/mol. The third kappa shape index (κ3) is 3.00. The molecule has 9 nitrogen and oxygen atoms in total. The van der Waals surface area contributed by atoms with Crippen molar-refractivity contribution in [3.05, 3.63) is 40.7 Å². The standard InChI is InChI=1S/C15H18N6O3/c1-24-12-4-2-11(3-5-12)19-6-8-20(9-7-19)15-13(21(22)23)14(16)17-10-18-15/h2-5,10H,6-9H2,1H3,(H2,16,17,18). The van der Waals surface area contributed by atoms with Crippen LogP contribution in [0.2, 0.25) is 0 Å². The summed E-state index contributed by atoms with van der Waals surface area (Å²) in [7, 11) is 1.63. The molecule has 0 bridgehead atoms. The number of hydrogen-bond acceptors (Lipinski definition) is 8. The lowest BCUT2D eigenvalue weighted by molar-refractivity contribution is -0.383. The van der Waals surface area contributed by atoms with Gasteiger partial charge in [-0.3, -0.25) is 10.1 Å². The lowest BCUT2D eigenvalue weighted by atomic mass is 10.2. The Morgan fingerprint density at radius 2 is 1.75 bits per heavy atom. The number of aromatic nitrogens is 2. The fourth-order valence-corrected chi connectivity index (χ4v) is 2.76. The number of hydrogen-bond donors (Lipinski definition) is 1. The van der Waals surface area contributed by atoms with Crippen LogP contribution in [0.15, 0.2) is 30.6 Å². The zero-order chi connectivity index (χ0) is 17.1. The van der Waals surface area contributed by atoms with Crippen molar-refractivity contribution in [2.24, 2.45) is 0 Å². The van der Waals surface area contributed by atoms with Gasteiger partial charge in [-0.2, -0.15) is 0 Å². The Balaban J connectivity index is 1.73. The predicted octanol–water partition coefficient (Wildman–Crippen LogP) is 1.30. The van der Waals surface area contributed by atoms with E-state index in [9.17, 15) is 10.1 Å². The van der Waals surface area contributed by atoms with Crippen LogP contribution in [0.3, 0.4) is 0 Å². The molecule has 0 unspecified atom stereocenters. The summed E-state index contributed by atoms with van der Waals surface area (Å²) in [6, 6.07) is 7.83. The number of piperazine rings is 1. The van der Waals surface area contributed by atoms with Gasteiger partial charge in [0.2, 0.25) is 11.6 Å². The van der Waals surface area contributed by atoms with Crippen molar-refractivity contribution in [2.45, 2.75) is 0 Å². The van der Waals surface area contributed by atoms with Gasteiger partial charge in [0.15, 0.2) is 0 Å². The van der Waals surface area contributed by atoms with Gasteiger partial charge in [-0.1, -0.05) is 0 Å². The third-order valence-corrected chi connectivity index (χ3v) is 4.03. The highest BCUT2D eigenvalue weighted by Gasteiger charge is 2.28. The van der Waals surface area contributed by atoms with Crippen LogP contribution >= 0.6 is 0 Å². The summed E-state index contributed by atoms with van der Waals surface area (Å²) in [5, 5.41) is 11.2. The molecule has 2 N–H and O–H groups in total. The molecular weight excluding hydrogens is 312 g/mol. The lowest BCUT2D eigenvalue weighted by Gasteiger charge is -2.36. The van der Waals surface area contributed by atoms with Crippen LogP contribution in [-0.4, -0.2) is 48.2 Å². The van der Waals surface area contributed by atoms with Gasteiger partial charge in [-0.15, -0.1) is 0 Å². The summed E-state index contributed by atoms with van der Waals surface area (Å²) >= 11 is 0. The van der Waals surface area contributed by atoms with Gasteiger partial charge in [0.25, 0.3) is 0 Å². The number of nitrogen functional groups attached to an aromatic ring is 1. The maximum atomic E-state index is 11.2. The fourth-order valence-electron chi connectivity index (χ4n) is 2.76. The van der Waals surface area contributed by atoms with Gasteiger partial charge in [-0.25, -0.2) is 9.97 Å². The van der Waals surface area contributed by atoms with Crippen LogP contribution in [0.4, 0.5) is 23.0 Å². The minimum Gasteiger partial charge on any atom is -0.497 e. The molecule has 0 spiro atoms. The summed E-state index contributed by atoms with van der Waals surface area (Å²) in [6.07, 6.45) is 1.26. The lowest BCUT2D eigenvalue weighted by Crippen LogP contribution is -2.47. The Bertz CT molecular complexity index is 728. The molecule has 1 aliphatic rings. The largest absolute Gasteiger partial charge is 0.497 e. The molecule has 24 heavy (non-hydrogen) atoms. The quantitative estimate of drug-likeness (QED) is 0.660. The van der Waals surface area contributed by atoms with Crippen molar-refractivity contribution >= 4 is 23.0 Å². The van der Waals surface area contributed by atoms with Gasteiger partial charge in [0.1, 0.15) is 12.1 Å². The van der Waals surface area contributed by atoms with E-state index in [2.05, 4.69) is 14.9 Å². The van der Waals surface area contributed by atoms with E-state index in [4.69, 9.17) is 10.5 Å². The highest BCUT2D eigenvalue weighted by atomic mass is 16.6. The molecule has 0 saturated carbocycles. The summed E-state index contributed by atoms with van der Waals surface area (Å²) < 4.78 is 5.16. The van der Waals surface area contributed by atoms with Crippen LogP contribution in [0.5, 0.6) is 5.75 Å². The molecule has 1 aliphatic heterocycles. The van der Waals surface area contributed by atoms with E-state index in [0.29, 0.717) is 13.1 Å². The van der Waals surface area contributed by atoms with E-state index in [1.54, 1.807) is 7.11 Å². The summed E-state index contributed by atoms with van der Waals surface area (Å²) in [5.41, 5.74) is 6.50. The van der Waals surface area contributed by atoms with E-state index in [1.165, 1.54) is 6.33 Å². The molecule has 1 aromatic heterocycles. The number of nitro groups is 1. The molecule has 1 aromatic carbocycles. The third-order valence-electron chi connectivity index (χ3n) is 4.03. The van der Waals surface area contributed by atoms with E-state index in [-0.39, 0.29) is 17.3 Å². The highest BCUT2D eigenvalue weighted by Crippen LogP contribution is 2.31. The molecule has 0 aliphatic carbocycles. The predicted molar refractivity (Wildman–Crippen MR) is 90.5 cm³/mol. The highest BCUT2D eigenvalue weighted by molar-refractivity contribution is 5.68. The number of methoxy groups -OCH3 is 1. The molecule has 0 atom stereocenters. The van der Waals surface area contributed by atoms with Gasteiger partial charge in [0.05, 0.1) is 12.0 Å². The van der Waals surface area contributed by atoms with E-state index >= 15 is 0 Å². The van der Waals surface area contributed by atoms with Crippen molar-refractivity contribution in [2.75, 3.05) is 48.8 Å². The first-order valence-electron chi connectivity index (χ1n) is 7.49. The van der Waals surface area contributed by atoms with Crippen LogP contribution in [0, 0.1) is 10.1 Å². The Morgan fingerprint density at radius 3 is 2.33 bits per heavy atom. The van der Waals surface area contributed by atoms with Crippen LogP contribution < -0.4 is 20.3 Å². The van der Waals surface area contributed by atoms with Gasteiger partial charge >= 0.3 is 5.69 Å². The van der Waals surface area contributed by atoms with Crippen LogP contribution in [0.1, 0.15) is 0 Å². The van der Waals surface area contributed by atoms with Crippen LogP contribution in [0.25, 0.3) is 0 Å². The zero-order valence-corrected chi connectivity index (χ0v) is 13.3. The summed E-state index contributed by atoms with van der Waals surface area (Å²) in [5.74, 6) is 0.980. The number of ether oxygens (including phenoxy) is 1. The van der Waals surface area contributed by atoms with Crippen LogP contribution in [-0.2, 0) is 0 Å².